The molecule has 5 rings (SSSR count). The lowest BCUT2D eigenvalue weighted by Crippen LogP contribution is -2.36. The van der Waals surface area contributed by atoms with Crippen LogP contribution in [0.2, 0.25) is 0 Å². The van der Waals surface area contributed by atoms with Crippen molar-refractivity contribution in [3.63, 3.8) is 0 Å². The summed E-state index contributed by atoms with van der Waals surface area (Å²) in [6, 6.07) is 14.3. The van der Waals surface area contributed by atoms with E-state index in [-0.39, 0.29) is 29.1 Å². The molecule has 2 aromatic carbocycles. The van der Waals surface area contributed by atoms with E-state index in [4.69, 9.17) is 15.7 Å². The maximum absolute atomic E-state index is 13.3. The fourth-order valence-corrected chi connectivity index (χ4v) is 4.22. The summed E-state index contributed by atoms with van der Waals surface area (Å²) < 4.78 is 1.44. The van der Waals surface area contributed by atoms with Gasteiger partial charge >= 0.3 is 0 Å². The van der Waals surface area contributed by atoms with Crippen LogP contribution in [-0.2, 0) is 0 Å². The number of carbonyl (C=O) groups excluding carboxylic acids is 1. The zero-order valence-electron chi connectivity index (χ0n) is 17.5. The van der Waals surface area contributed by atoms with E-state index in [1.165, 1.54) is 11.1 Å². The van der Waals surface area contributed by atoms with Crippen molar-refractivity contribution in [3.8, 4) is 5.75 Å². The van der Waals surface area contributed by atoms with Crippen LogP contribution in [0.4, 0.5) is 5.82 Å². The molecule has 0 aliphatic heterocycles. The van der Waals surface area contributed by atoms with E-state index in [2.05, 4.69) is 10.4 Å². The lowest BCUT2D eigenvalue weighted by atomic mass is 9.95. The second-order valence-corrected chi connectivity index (χ2v) is 8.10. The summed E-state index contributed by atoms with van der Waals surface area (Å²) in [5, 5.41) is 17.3. The Morgan fingerprint density at radius 3 is 2.59 bits per heavy atom. The van der Waals surface area contributed by atoms with Crippen molar-refractivity contribution in [1.82, 2.24) is 20.0 Å². The van der Waals surface area contributed by atoms with Crippen LogP contribution < -0.4 is 11.1 Å². The Hall–Kier alpha value is -3.94. The van der Waals surface area contributed by atoms with Crippen LogP contribution in [0, 0.1) is 0 Å². The minimum atomic E-state index is -0.254. The van der Waals surface area contributed by atoms with E-state index in [1.54, 1.807) is 24.4 Å². The number of anilines is 1. The number of amides is 1. The number of nitrogens with two attached hydrogens (primary N) is 1. The number of aromatic hydroxyl groups is 1. The second kappa shape index (κ2) is 8.30. The number of hydrogen-bond acceptors (Lipinski definition) is 6. The van der Waals surface area contributed by atoms with Crippen molar-refractivity contribution in [2.24, 2.45) is 5.10 Å². The molecule has 1 aliphatic rings. The van der Waals surface area contributed by atoms with Gasteiger partial charge in [0.05, 0.1) is 17.2 Å². The fourth-order valence-electron chi connectivity index (χ4n) is 4.22. The molecular formula is C24H24N6O2. The molecule has 1 amide bonds. The number of rotatable bonds is 4. The van der Waals surface area contributed by atoms with Gasteiger partial charge in [0.2, 0.25) is 0 Å². The van der Waals surface area contributed by atoms with Gasteiger partial charge in [0.1, 0.15) is 22.6 Å². The number of hydrogen-bond donors (Lipinski definition) is 3. The van der Waals surface area contributed by atoms with Gasteiger partial charge in [0.15, 0.2) is 5.65 Å². The number of nitrogen functional groups attached to an aromatic ring is 1. The number of fused-ring (bicyclic) bond motifs is 2. The SMILES string of the molecule is Nc1c(C(=O)NC2CCCCC2)c2nc3ccccc3nc2n1/N=C/c1cccc(O)c1. The van der Waals surface area contributed by atoms with E-state index >= 15 is 0 Å². The Morgan fingerprint density at radius 1 is 1.09 bits per heavy atom. The van der Waals surface area contributed by atoms with Crippen molar-refractivity contribution in [2.45, 2.75) is 38.1 Å². The van der Waals surface area contributed by atoms with Gasteiger partial charge in [-0.25, -0.2) is 9.97 Å². The zero-order valence-corrected chi connectivity index (χ0v) is 17.5. The summed E-state index contributed by atoms with van der Waals surface area (Å²) in [5.41, 5.74) is 9.61. The van der Waals surface area contributed by atoms with Gasteiger partial charge in [-0.1, -0.05) is 43.5 Å². The zero-order chi connectivity index (χ0) is 22.1. The lowest BCUT2D eigenvalue weighted by Gasteiger charge is -2.22. The predicted octanol–water partition coefficient (Wildman–Crippen LogP) is 3.82. The Morgan fingerprint density at radius 2 is 1.84 bits per heavy atom. The third kappa shape index (κ3) is 3.75. The van der Waals surface area contributed by atoms with Crippen LogP contribution in [0.15, 0.2) is 53.6 Å². The number of carbonyl (C=O) groups is 1. The largest absolute Gasteiger partial charge is 0.508 e. The van der Waals surface area contributed by atoms with E-state index in [0.717, 1.165) is 25.7 Å². The summed E-state index contributed by atoms with van der Waals surface area (Å²) >= 11 is 0. The van der Waals surface area contributed by atoms with Crippen LogP contribution in [0.1, 0.15) is 48.0 Å². The van der Waals surface area contributed by atoms with Gasteiger partial charge in [0.25, 0.3) is 5.91 Å². The van der Waals surface area contributed by atoms with Crippen LogP contribution >= 0.6 is 0 Å². The Bertz CT molecular complexity index is 1340. The van der Waals surface area contributed by atoms with E-state index < -0.39 is 0 Å². The summed E-state index contributed by atoms with van der Waals surface area (Å²) in [7, 11) is 0. The van der Waals surface area contributed by atoms with Crippen LogP contribution in [0.25, 0.3) is 22.2 Å². The molecule has 32 heavy (non-hydrogen) atoms. The number of para-hydroxylation sites is 2. The van der Waals surface area contributed by atoms with Crippen molar-refractivity contribution in [1.29, 1.82) is 0 Å². The number of nitrogens with zero attached hydrogens (tertiary/aromatic N) is 4. The molecule has 2 aromatic heterocycles. The number of nitrogens with one attached hydrogen (secondary N) is 1. The quantitative estimate of drug-likeness (QED) is 0.427. The number of aromatic nitrogens is 3. The maximum Gasteiger partial charge on any atom is 0.257 e. The first-order chi connectivity index (χ1) is 15.6. The molecule has 0 unspecified atom stereocenters. The highest BCUT2D eigenvalue weighted by Crippen LogP contribution is 2.28. The minimum Gasteiger partial charge on any atom is -0.508 e. The first-order valence-corrected chi connectivity index (χ1v) is 10.8. The molecule has 1 fully saturated rings. The van der Waals surface area contributed by atoms with Gasteiger partial charge in [-0.05, 0) is 42.7 Å². The molecule has 1 aliphatic carbocycles. The highest BCUT2D eigenvalue weighted by Gasteiger charge is 2.26. The molecule has 0 bridgehead atoms. The van der Waals surface area contributed by atoms with Gasteiger partial charge in [0, 0.05) is 6.04 Å². The van der Waals surface area contributed by atoms with Gasteiger partial charge < -0.3 is 16.2 Å². The van der Waals surface area contributed by atoms with Gasteiger partial charge in [-0.15, -0.1) is 0 Å². The molecule has 0 saturated heterocycles. The summed E-state index contributed by atoms with van der Waals surface area (Å²) in [6.07, 6.45) is 6.93. The predicted molar refractivity (Wildman–Crippen MR) is 125 cm³/mol. The average Bonchev–Trinajstić information content (AvgIpc) is 3.07. The molecule has 8 nitrogen and oxygen atoms in total. The monoisotopic (exact) mass is 428 g/mol. The fraction of sp³-hybridized carbons (Fsp3) is 0.250. The Kier molecular flexibility index (Phi) is 5.18. The highest BCUT2D eigenvalue weighted by molar-refractivity contribution is 6.10. The second-order valence-electron chi connectivity index (χ2n) is 8.10. The van der Waals surface area contributed by atoms with E-state index in [0.29, 0.717) is 27.8 Å². The Balaban J connectivity index is 1.62. The first-order valence-electron chi connectivity index (χ1n) is 10.8. The van der Waals surface area contributed by atoms with Gasteiger partial charge in [-0.2, -0.15) is 9.78 Å². The average molecular weight is 428 g/mol. The van der Waals surface area contributed by atoms with Crippen molar-refractivity contribution < 1.29 is 9.90 Å². The third-order valence-electron chi connectivity index (χ3n) is 5.83. The number of phenolic OH excluding ortho intramolecular Hbond substituents is 1. The van der Waals surface area contributed by atoms with Crippen molar-refractivity contribution in [2.75, 3.05) is 5.73 Å². The molecule has 2 heterocycles. The smallest absolute Gasteiger partial charge is 0.257 e. The van der Waals surface area contributed by atoms with Crippen LogP contribution in [0.3, 0.4) is 0 Å². The summed E-state index contributed by atoms with van der Waals surface area (Å²) in [6.45, 7) is 0. The third-order valence-corrected chi connectivity index (χ3v) is 5.83. The summed E-state index contributed by atoms with van der Waals surface area (Å²) in [5.74, 6) is 0.0629. The lowest BCUT2D eigenvalue weighted by molar-refractivity contribution is 0.0930. The molecule has 1 saturated carbocycles. The number of phenols is 1. The van der Waals surface area contributed by atoms with Crippen molar-refractivity contribution >= 4 is 40.1 Å². The first kappa shape index (κ1) is 20.0. The molecule has 8 heteroatoms. The normalized spacial score (nSPS) is 15.0. The standard InChI is InChI=1S/C24H24N6O2/c25-22-20(24(32)27-16-8-2-1-3-9-16)21-23(29-19-12-5-4-11-18(19)28-21)30(22)26-14-15-7-6-10-17(31)13-15/h4-7,10-14,16,31H,1-3,8-9,25H2,(H,27,32)/b26-14+. The van der Waals surface area contributed by atoms with Crippen molar-refractivity contribution in [3.05, 3.63) is 59.7 Å². The molecule has 4 aromatic rings. The molecule has 0 spiro atoms. The minimum absolute atomic E-state index is 0.137. The molecule has 162 valence electrons. The highest BCUT2D eigenvalue weighted by atomic mass is 16.3. The molecule has 4 N–H and O–H groups in total. The van der Waals surface area contributed by atoms with E-state index in [1.807, 2.05) is 30.3 Å². The Labute approximate surface area is 184 Å². The van der Waals surface area contributed by atoms with E-state index in [9.17, 15) is 9.90 Å². The molecular weight excluding hydrogens is 404 g/mol. The molecule has 0 atom stereocenters. The topological polar surface area (TPSA) is 118 Å². The van der Waals surface area contributed by atoms with Gasteiger partial charge in [-0.3, -0.25) is 4.79 Å². The molecule has 0 radical (unpaired) electrons. The maximum atomic E-state index is 13.3. The summed E-state index contributed by atoms with van der Waals surface area (Å²) in [4.78, 5) is 22.7. The van der Waals surface area contributed by atoms with Crippen LogP contribution in [-0.4, -0.2) is 37.9 Å². The van der Waals surface area contributed by atoms with Crippen LogP contribution in [0.5, 0.6) is 5.75 Å². The number of benzene rings is 2.